The maximum absolute atomic E-state index is 12.3. The molecule has 7 heteroatoms. The summed E-state index contributed by atoms with van der Waals surface area (Å²) in [5.74, 6) is -1.51. The van der Waals surface area contributed by atoms with Crippen LogP contribution >= 0.6 is 0 Å². The third-order valence-electron chi connectivity index (χ3n) is 3.93. The van der Waals surface area contributed by atoms with E-state index in [-0.39, 0.29) is 18.0 Å². The fourth-order valence-corrected chi connectivity index (χ4v) is 2.08. The van der Waals surface area contributed by atoms with E-state index < -0.39 is 17.9 Å². The Balaban J connectivity index is 2.82. The van der Waals surface area contributed by atoms with Crippen LogP contribution in [0.4, 0.5) is 4.79 Å². The molecule has 114 valence electrons. The Bertz CT molecular complexity index is 393. The lowest BCUT2D eigenvalue weighted by Gasteiger charge is -2.37. The zero-order valence-electron chi connectivity index (χ0n) is 12.2. The van der Waals surface area contributed by atoms with Gasteiger partial charge in [-0.05, 0) is 19.8 Å². The number of carbonyl (C=O) groups excluding carboxylic acids is 2. The van der Waals surface area contributed by atoms with Gasteiger partial charge in [-0.3, -0.25) is 9.59 Å². The molecule has 1 aliphatic rings. The van der Waals surface area contributed by atoms with Crippen molar-refractivity contribution in [2.45, 2.75) is 51.6 Å². The average molecular weight is 285 g/mol. The number of carboxylic acid groups (broad SMARTS) is 1. The summed E-state index contributed by atoms with van der Waals surface area (Å²) < 4.78 is 0. The van der Waals surface area contributed by atoms with Gasteiger partial charge >= 0.3 is 12.0 Å². The lowest BCUT2D eigenvalue weighted by molar-refractivity contribution is -0.142. The molecule has 1 fully saturated rings. The minimum atomic E-state index is -1.10. The molecule has 0 aromatic heterocycles. The second-order valence-electron chi connectivity index (χ2n) is 5.30. The summed E-state index contributed by atoms with van der Waals surface area (Å²) in [6.45, 7) is 6.54. The number of carboxylic acids is 1. The SMILES string of the molecule is CCC(C)(CC)NC(=O)N1CCNC(=O)C1CC(=O)O. The number of urea groups is 1. The zero-order valence-corrected chi connectivity index (χ0v) is 12.2. The predicted molar refractivity (Wildman–Crippen MR) is 73.3 cm³/mol. The Kier molecular flexibility index (Phi) is 5.35. The van der Waals surface area contributed by atoms with Gasteiger partial charge in [0.1, 0.15) is 6.04 Å². The second kappa shape index (κ2) is 6.58. The average Bonchev–Trinajstić information content (AvgIpc) is 2.40. The van der Waals surface area contributed by atoms with Crippen molar-refractivity contribution in [1.29, 1.82) is 0 Å². The van der Waals surface area contributed by atoms with E-state index in [0.717, 1.165) is 12.8 Å². The number of rotatable bonds is 5. The molecule has 1 atom stereocenters. The third-order valence-corrected chi connectivity index (χ3v) is 3.93. The molecule has 1 heterocycles. The minimum absolute atomic E-state index is 0.318. The first kappa shape index (κ1) is 16.3. The van der Waals surface area contributed by atoms with Gasteiger partial charge in [-0.25, -0.2) is 4.79 Å². The fourth-order valence-electron chi connectivity index (χ4n) is 2.08. The molecule has 7 nitrogen and oxygen atoms in total. The molecule has 1 rings (SSSR count). The molecule has 0 aromatic carbocycles. The van der Waals surface area contributed by atoms with Gasteiger partial charge in [0.15, 0.2) is 0 Å². The van der Waals surface area contributed by atoms with Crippen LogP contribution in [0.5, 0.6) is 0 Å². The van der Waals surface area contributed by atoms with Crippen molar-refractivity contribution in [1.82, 2.24) is 15.5 Å². The van der Waals surface area contributed by atoms with Crippen molar-refractivity contribution < 1.29 is 19.5 Å². The van der Waals surface area contributed by atoms with Crippen LogP contribution in [0.15, 0.2) is 0 Å². The normalized spacial score (nSPS) is 19.4. The van der Waals surface area contributed by atoms with Crippen LogP contribution < -0.4 is 10.6 Å². The molecule has 0 bridgehead atoms. The maximum atomic E-state index is 12.3. The summed E-state index contributed by atoms with van der Waals surface area (Å²) in [5.41, 5.74) is -0.348. The zero-order chi connectivity index (χ0) is 15.3. The van der Waals surface area contributed by atoms with Crippen LogP contribution in [0.1, 0.15) is 40.0 Å². The molecular weight excluding hydrogens is 262 g/mol. The summed E-state index contributed by atoms with van der Waals surface area (Å²) in [6.07, 6.45) is 1.14. The largest absolute Gasteiger partial charge is 0.481 e. The number of aliphatic carboxylic acids is 1. The lowest BCUT2D eigenvalue weighted by atomic mass is 9.96. The molecule has 0 aromatic rings. The first-order valence-electron chi connectivity index (χ1n) is 6.91. The highest BCUT2D eigenvalue weighted by Crippen LogP contribution is 2.16. The Labute approximate surface area is 118 Å². The van der Waals surface area contributed by atoms with Crippen molar-refractivity contribution >= 4 is 17.9 Å². The van der Waals surface area contributed by atoms with E-state index in [0.29, 0.717) is 13.1 Å². The quantitative estimate of drug-likeness (QED) is 0.687. The van der Waals surface area contributed by atoms with Gasteiger partial charge < -0.3 is 20.6 Å². The van der Waals surface area contributed by atoms with Crippen LogP contribution in [0.25, 0.3) is 0 Å². The van der Waals surface area contributed by atoms with Gasteiger partial charge in [-0.15, -0.1) is 0 Å². The van der Waals surface area contributed by atoms with Crippen molar-refractivity contribution in [3.63, 3.8) is 0 Å². The Hall–Kier alpha value is -1.79. The summed E-state index contributed by atoms with van der Waals surface area (Å²) in [5, 5.41) is 14.4. The molecule has 3 amide bonds. The van der Waals surface area contributed by atoms with Gasteiger partial charge in [0.2, 0.25) is 5.91 Å². The van der Waals surface area contributed by atoms with Crippen LogP contribution in [-0.2, 0) is 9.59 Å². The highest BCUT2D eigenvalue weighted by molar-refractivity contribution is 5.91. The molecule has 1 aliphatic heterocycles. The van der Waals surface area contributed by atoms with Crippen molar-refractivity contribution in [3.05, 3.63) is 0 Å². The maximum Gasteiger partial charge on any atom is 0.318 e. The van der Waals surface area contributed by atoms with Crippen LogP contribution in [0.3, 0.4) is 0 Å². The molecule has 20 heavy (non-hydrogen) atoms. The Morgan fingerprint density at radius 1 is 1.45 bits per heavy atom. The Morgan fingerprint density at radius 2 is 2.05 bits per heavy atom. The highest BCUT2D eigenvalue weighted by atomic mass is 16.4. The van der Waals surface area contributed by atoms with Gasteiger partial charge in [0, 0.05) is 18.6 Å². The number of piperazine rings is 1. The van der Waals surface area contributed by atoms with E-state index in [2.05, 4.69) is 10.6 Å². The first-order chi connectivity index (χ1) is 9.33. The van der Waals surface area contributed by atoms with Crippen molar-refractivity contribution in [3.8, 4) is 0 Å². The molecule has 0 aliphatic carbocycles. The summed E-state index contributed by atoms with van der Waals surface area (Å²) in [7, 11) is 0. The number of nitrogens with one attached hydrogen (secondary N) is 2. The molecular formula is C13H23N3O4. The van der Waals surface area contributed by atoms with E-state index in [1.54, 1.807) is 0 Å². The summed E-state index contributed by atoms with van der Waals surface area (Å²) >= 11 is 0. The smallest absolute Gasteiger partial charge is 0.318 e. The molecule has 1 unspecified atom stereocenters. The topological polar surface area (TPSA) is 98.7 Å². The minimum Gasteiger partial charge on any atom is -0.481 e. The van der Waals surface area contributed by atoms with Crippen molar-refractivity contribution in [2.75, 3.05) is 13.1 Å². The lowest BCUT2D eigenvalue weighted by Crippen LogP contribution is -2.62. The monoisotopic (exact) mass is 285 g/mol. The molecule has 0 saturated carbocycles. The number of nitrogens with zero attached hydrogens (tertiary/aromatic N) is 1. The number of hydrogen-bond acceptors (Lipinski definition) is 3. The van der Waals surface area contributed by atoms with Crippen molar-refractivity contribution in [2.24, 2.45) is 0 Å². The van der Waals surface area contributed by atoms with E-state index in [1.165, 1.54) is 4.90 Å². The Morgan fingerprint density at radius 3 is 2.55 bits per heavy atom. The summed E-state index contributed by atoms with van der Waals surface area (Å²) in [6, 6.07) is -1.32. The van der Waals surface area contributed by atoms with Gasteiger partial charge in [-0.1, -0.05) is 13.8 Å². The molecule has 1 saturated heterocycles. The van der Waals surface area contributed by atoms with E-state index in [9.17, 15) is 14.4 Å². The van der Waals surface area contributed by atoms with Crippen LogP contribution in [0.2, 0.25) is 0 Å². The summed E-state index contributed by atoms with van der Waals surface area (Å²) in [4.78, 5) is 36.2. The van der Waals surface area contributed by atoms with E-state index >= 15 is 0 Å². The second-order valence-corrected chi connectivity index (χ2v) is 5.30. The standard InChI is InChI=1S/C13H23N3O4/c1-4-13(3,5-2)15-12(20)16-7-6-14-11(19)9(16)8-10(17)18/h9H,4-8H2,1-3H3,(H,14,19)(H,15,20)(H,17,18). The highest BCUT2D eigenvalue weighted by Gasteiger charge is 2.36. The van der Waals surface area contributed by atoms with Gasteiger partial charge in [0.25, 0.3) is 0 Å². The van der Waals surface area contributed by atoms with Gasteiger partial charge in [-0.2, -0.15) is 0 Å². The fraction of sp³-hybridized carbons (Fsp3) is 0.769. The first-order valence-corrected chi connectivity index (χ1v) is 6.91. The van der Waals surface area contributed by atoms with E-state index in [1.807, 2.05) is 20.8 Å². The molecule has 0 radical (unpaired) electrons. The van der Waals surface area contributed by atoms with Crippen LogP contribution in [-0.4, -0.2) is 52.6 Å². The molecule has 0 spiro atoms. The van der Waals surface area contributed by atoms with E-state index in [4.69, 9.17) is 5.11 Å². The molecule has 3 N–H and O–H groups in total. The van der Waals surface area contributed by atoms with Crippen LogP contribution in [0, 0.1) is 0 Å². The number of carbonyl (C=O) groups is 3. The predicted octanol–water partition coefficient (Wildman–Crippen LogP) is 0.550. The number of amides is 3. The van der Waals surface area contributed by atoms with Gasteiger partial charge in [0.05, 0.1) is 6.42 Å². The third kappa shape index (κ3) is 3.85. The number of hydrogen-bond donors (Lipinski definition) is 3.